The number of carbonyl (C=O) groups excluding carboxylic acids is 2. The van der Waals surface area contributed by atoms with Gasteiger partial charge in [0.25, 0.3) is 5.91 Å². The first kappa shape index (κ1) is 22.9. The molecule has 168 valence electrons. The first-order chi connectivity index (χ1) is 15.4. The Kier molecular flexibility index (Phi) is 7.27. The van der Waals surface area contributed by atoms with Gasteiger partial charge in [-0.05, 0) is 61.9 Å². The third-order valence-corrected chi connectivity index (χ3v) is 8.05. The molecule has 3 atom stereocenters. The summed E-state index contributed by atoms with van der Waals surface area (Å²) in [5, 5.41) is 4.15. The van der Waals surface area contributed by atoms with Crippen molar-refractivity contribution in [1.82, 2.24) is 10.2 Å². The minimum Gasteiger partial charge on any atom is -0.356 e. The van der Waals surface area contributed by atoms with Crippen molar-refractivity contribution < 1.29 is 9.59 Å². The highest BCUT2D eigenvalue weighted by Crippen LogP contribution is 2.43. The van der Waals surface area contributed by atoms with Gasteiger partial charge in [-0.1, -0.05) is 53.6 Å². The number of amides is 2. The molecular weight excluding hydrogens is 440 g/mol. The topological polar surface area (TPSA) is 49.4 Å². The molecular formula is C26H29ClN2O2S. The van der Waals surface area contributed by atoms with E-state index >= 15 is 0 Å². The summed E-state index contributed by atoms with van der Waals surface area (Å²) >= 11 is 7.61. The normalized spacial score (nSPS) is 24.3. The predicted octanol–water partition coefficient (Wildman–Crippen LogP) is 5.09. The van der Waals surface area contributed by atoms with Crippen molar-refractivity contribution in [2.24, 2.45) is 5.92 Å². The van der Waals surface area contributed by atoms with E-state index in [-0.39, 0.29) is 23.8 Å². The lowest BCUT2D eigenvalue weighted by molar-refractivity contribution is -0.131. The van der Waals surface area contributed by atoms with Crippen molar-refractivity contribution in [1.29, 1.82) is 0 Å². The number of halogens is 1. The molecule has 0 bridgehead atoms. The van der Waals surface area contributed by atoms with E-state index in [2.05, 4.69) is 24.4 Å². The quantitative estimate of drug-likeness (QED) is 0.622. The van der Waals surface area contributed by atoms with E-state index < -0.39 is 0 Å². The fourth-order valence-corrected chi connectivity index (χ4v) is 6.18. The number of fused-ring (bicyclic) bond motifs is 1. The van der Waals surface area contributed by atoms with Gasteiger partial charge in [0.2, 0.25) is 5.91 Å². The molecule has 1 aliphatic heterocycles. The number of hydrogen-bond acceptors (Lipinski definition) is 3. The third kappa shape index (κ3) is 5.38. The molecule has 6 heteroatoms. The third-order valence-electron chi connectivity index (χ3n) is 6.40. The summed E-state index contributed by atoms with van der Waals surface area (Å²) in [6.07, 6.45) is 5.31. The Hall–Kier alpha value is -2.24. The van der Waals surface area contributed by atoms with E-state index in [1.807, 2.05) is 54.4 Å². The largest absolute Gasteiger partial charge is 0.356 e. The highest BCUT2D eigenvalue weighted by molar-refractivity contribution is 8.04. The highest BCUT2D eigenvalue weighted by atomic mass is 35.5. The van der Waals surface area contributed by atoms with Gasteiger partial charge in [0.05, 0.1) is 4.91 Å². The first-order valence-electron chi connectivity index (χ1n) is 11.1. The lowest BCUT2D eigenvalue weighted by Gasteiger charge is -2.44. The van der Waals surface area contributed by atoms with Crippen LogP contribution in [0.2, 0.25) is 5.02 Å². The van der Waals surface area contributed by atoms with Crippen molar-refractivity contribution >= 4 is 41.3 Å². The Morgan fingerprint density at radius 2 is 2.00 bits per heavy atom. The maximum absolute atomic E-state index is 13.0. The summed E-state index contributed by atoms with van der Waals surface area (Å²) in [4.78, 5) is 28.5. The van der Waals surface area contributed by atoms with Crippen molar-refractivity contribution in [2.45, 2.75) is 43.9 Å². The van der Waals surface area contributed by atoms with Gasteiger partial charge in [-0.3, -0.25) is 9.59 Å². The summed E-state index contributed by atoms with van der Waals surface area (Å²) in [5.41, 5.74) is 3.39. The lowest BCUT2D eigenvalue weighted by Crippen LogP contribution is -2.52. The molecule has 32 heavy (non-hydrogen) atoms. The monoisotopic (exact) mass is 468 g/mol. The Morgan fingerprint density at radius 1 is 1.22 bits per heavy atom. The number of rotatable bonds is 5. The molecule has 1 saturated heterocycles. The molecule has 0 aromatic heterocycles. The Labute approximate surface area is 199 Å². The molecule has 0 radical (unpaired) electrons. The SMILES string of the molecule is Cc1cccc(/C=C2\SC3CCC(C(=O)NCCc4ccc(Cl)cc4)CC3N(C)C2=O)c1. The minimum atomic E-state index is -0.0420. The number of carbonyl (C=O) groups is 2. The zero-order valence-electron chi connectivity index (χ0n) is 18.5. The maximum Gasteiger partial charge on any atom is 0.260 e. The van der Waals surface area contributed by atoms with Crippen LogP contribution in [0.5, 0.6) is 0 Å². The zero-order valence-corrected chi connectivity index (χ0v) is 20.1. The molecule has 2 aromatic rings. The van der Waals surface area contributed by atoms with Gasteiger partial charge in [0, 0.05) is 35.8 Å². The molecule has 4 nitrogen and oxygen atoms in total. The van der Waals surface area contributed by atoms with Crippen LogP contribution < -0.4 is 5.32 Å². The van der Waals surface area contributed by atoms with E-state index in [1.54, 1.807) is 11.8 Å². The fraction of sp³-hybridized carbons (Fsp3) is 0.385. The summed E-state index contributed by atoms with van der Waals surface area (Å²) < 4.78 is 0. The van der Waals surface area contributed by atoms with Gasteiger partial charge in [-0.15, -0.1) is 11.8 Å². The Bertz CT molecular complexity index is 1020. The number of benzene rings is 2. The van der Waals surface area contributed by atoms with E-state index in [0.717, 1.165) is 46.7 Å². The van der Waals surface area contributed by atoms with Gasteiger partial charge >= 0.3 is 0 Å². The minimum absolute atomic E-state index is 0.0420. The van der Waals surface area contributed by atoms with Crippen molar-refractivity contribution in [3.63, 3.8) is 0 Å². The van der Waals surface area contributed by atoms with Gasteiger partial charge in [-0.2, -0.15) is 0 Å². The zero-order chi connectivity index (χ0) is 22.7. The van der Waals surface area contributed by atoms with Crippen LogP contribution in [0, 0.1) is 12.8 Å². The van der Waals surface area contributed by atoms with Crippen molar-refractivity contribution in [3.8, 4) is 0 Å². The smallest absolute Gasteiger partial charge is 0.260 e. The number of thioether (sulfide) groups is 1. The van der Waals surface area contributed by atoms with Crippen LogP contribution >= 0.6 is 23.4 Å². The molecule has 3 unspecified atom stereocenters. The fourth-order valence-electron chi connectivity index (χ4n) is 4.57. The number of nitrogens with zero attached hydrogens (tertiary/aromatic N) is 1. The number of likely N-dealkylation sites (N-methyl/N-ethyl adjacent to an activating group) is 1. The van der Waals surface area contributed by atoms with E-state index in [0.29, 0.717) is 11.8 Å². The summed E-state index contributed by atoms with van der Waals surface area (Å²) in [7, 11) is 1.88. The number of hydrogen-bond donors (Lipinski definition) is 1. The standard InChI is InChI=1S/C26H29ClN2O2S/c1-17-4-3-5-19(14-17)15-24-26(31)29(2)22-16-20(8-11-23(22)32-24)25(30)28-13-12-18-6-9-21(27)10-7-18/h3-7,9-10,14-15,20,22-23H,8,11-13,16H2,1-2H3,(H,28,30)/b24-15-. The van der Waals surface area contributed by atoms with Gasteiger partial charge < -0.3 is 10.2 Å². The molecule has 2 aliphatic rings. The average molecular weight is 469 g/mol. The highest BCUT2D eigenvalue weighted by Gasteiger charge is 2.42. The molecule has 2 amide bonds. The molecule has 1 saturated carbocycles. The lowest BCUT2D eigenvalue weighted by atomic mass is 9.83. The molecule has 1 aliphatic carbocycles. The van der Waals surface area contributed by atoms with Crippen LogP contribution in [-0.4, -0.2) is 41.6 Å². The molecule has 2 fully saturated rings. The molecule has 1 N–H and O–H groups in total. The second kappa shape index (κ2) is 10.1. The molecule has 0 spiro atoms. The van der Waals surface area contributed by atoms with Crippen LogP contribution in [0.1, 0.15) is 36.0 Å². The second-order valence-corrected chi connectivity index (χ2v) is 10.5. The molecule has 2 aromatic carbocycles. The van der Waals surface area contributed by atoms with E-state index in [1.165, 1.54) is 5.56 Å². The molecule has 1 heterocycles. The van der Waals surface area contributed by atoms with Gasteiger partial charge in [0.15, 0.2) is 0 Å². The summed E-state index contributed by atoms with van der Waals surface area (Å²) in [6, 6.07) is 16.0. The Morgan fingerprint density at radius 3 is 2.75 bits per heavy atom. The second-order valence-electron chi connectivity index (χ2n) is 8.74. The van der Waals surface area contributed by atoms with Crippen LogP contribution in [0.4, 0.5) is 0 Å². The van der Waals surface area contributed by atoms with Crippen molar-refractivity contribution in [2.75, 3.05) is 13.6 Å². The van der Waals surface area contributed by atoms with Crippen LogP contribution in [0.25, 0.3) is 6.08 Å². The van der Waals surface area contributed by atoms with Crippen molar-refractivity contribution in [3.05, 3.63) is 75.1 Å². The molecule has 4 rings (SSSR count). The number of aryl methyl sites for hydroxylation is 1. The summed E-state index contributed by atoms with van der Waals surface area (Å²) in [5.74, 6) is 0.116. The first-order valence-corrected chi connectivity index (χ1v) is 12.4. The number of nitrogens with one attached hydrogen (secondary N) is 1. The van der Waals surface area contributed by atoms with Crippen LogP contribution in [0.15, 0.2) is 53.4 Å². The maximum atomic E-state index is 13.0. The van der Waals surface area contributed by atoms with Gasteiger partial charge in [-0.25, -0.2) is 0 Å². The van der Waals surface area contributed by atoms with Crippen LogP contribution in [-0.2, 0) is 16.0 Å². The van der Waals surface area contributed by atoms with Gasteiger partial charge in [0.1, 0.15) is 0 Å². The predicted molar refractivity (Wildman–Crippen MR) is 133 cm³/mol. The van der Waals surface area contributed by atoms with Crippen LogP contribution in [0.3, 0.4) is 0 Å². The Balaban J connectivity index is 1.34. The van der Waals surface area contributed by atoms with E-state index in [9.17, 15) is 9.59 Å². The van der Waals surface area contributed by atoms with E-state index in [4.69, 9.17) is 11.6 Å². The summed E-state index contributed by atoms with van der Waals surface area (Å²) in [6.45, 7) is 2.67. The average Bonchev–Trinajstić information content (AvgIpc) is 2.78.